The summed E-state index contributed by atoms with van der Waals surface area (Å²) < 4.78 is 18.2. The van der Waals surface area contributed by atoms with Gasteiger partial charge in [0.2, 0.25) is 6.10 Å². The Balaban J connectivity index is 1.83. The number of carbonyl (C=O) groups is 1. The highest BCUT2D eigenvalue weighted by Crippen LogP contribution is 2.41. The second-order valence-corrected chi connectivity index (χ2v) is 7.48. The molecule has 0 spiro atoms. The molecule has 0 saturated carbocycles. The fourth-order valence-electron chi connectivity index (χ4n) is 4.02. The number of aryl methyl sites for hydroxylation is 1. The van der Waals surface area contributed by atoms with E-state index in [4.69, 9.17) is 14.2 Å². The molecule has 6 heteroatoms. The number of rotatable bonds is 6. The Hall–Kier alpha value is -3.54. The monoisotopic (exact) mass is 419 g/mol. The fraction of sp³-hybridized carbons (Fsp3) is 0.280. The van der Waals surface area contributed by atoms with Gasteiger partial charge < -0.3 is 18.8 Å². The first-order valence-corrected chi connectivity index (χ1v) is 10.3. The van der Waals surface area contributed by atoms with E-state index in [1.54, 1.807) is 18.6 Å². The lowest BCUT2D eigenvalue weighted by Gasteiger charge is -2.18. The Kier molecular flexibility index (Phi) is 5.80. The molecule has 3 aromatic rings. The van der Waals surface area contributed by atoms with Crippen LogP contribution in [0, 0.1) is 6.92 Å². The van der Waals surface area contributed by atoms with Gasteiger partial charge in [0.25, 0.3) is 5.56 Å². The average molecular weight is 419 g/mol. The Morgan fingerprint density at radius 1 is 1.10 bits per heavy atom. The van der Waals surface area contributed by atoms with E-state index < -0.39 is 18.0 Å². The third-order valence-corrected chi connectivity index (χ3v) is 5.55. The normalized spacial score (nSPS) is 17.0. The van der Waals surface area contributed by atoms with Crippen molar-refractivity contribution in [1.29, 1.82) is 0 Å². The van der Waals surface area contributed by atoms with E-state index in [0.29, 0.717) is 23.6 Å². The number of fused-ring (bicyclic) bond motifs is 1. The van der Waals surface area contributed by atoms with Crippen LogP contribution >= 0.6 is 0 Å². The lowest BCUT2D eigenvalue weighted by Crippen LogP contribution is -2.33. The molecule has 2 aromatic carbocycles. The third kappa shape index (κ3) is 3.93. The Labute approximate surface area is 181 Å². The highest BCUT2D eigenvalue weighted by Gasteiger charge is 2.44. The number of ether oxygens (including phenoxy) is 3. The van der Waals surface area contributed by atoms with Crippen molar-refractivity contribution in [3.63, 3.8) is 0 Å². The van der Waals surface area contributed by atoms with Crippen LogP contribution < -0.4 is 15.0 Å². The summed E-state index contributed by atoms with van der Waals surface area (Å²) in [5, 5.41) is 0. The number of hydrogen-bond acceptors (Lipinski definition) is 5. The Bertz CT molecular complexity index is 1140. The van der Waals surface area contributed by atoms with Crippen molar-refractivity contribution in [2.45, 2.75) is 32.4 Å². The molecule has 2 atom stereocenters. The van der Waals surface area contributed by atoms with Crippen LogP contribution in [0.1, 0.15) is 35.2 Å². The van der Waals surface area contributed by atoms with Gasteiger partial charge >= 0.3 is 5.97 Å². The minimum Gasteiger partial charge on any atom is -0.497 e. The quantitative estimate of drug-likeness (QED) is 0.571. The fourth-order valence-corrected chi connectivity index (χ4v) is 4.02. The highest BCUT2D eigenvalue weighted by atomic mass is 16.6. The second-order valence-electron chi connectivity index (χ2n) is 7.48. The maximum atomic E-state index is 13.6. The summed E-state index contributed by atoms with van der Waals surface area (Å²) in [7, 11) is 1.59. The minimum atomic E-state index is -0.914. The van der Waals surface area contributed by atoms with Crippen molar-refractivity contribution >= 4 is 5.97 Å². The molecular weight excluding hydrogens is 394 g/mol. The maximum absolute atomic E-state index is 13.6. The zero-order chi connectivity index (χ0) is 22.0. The maximum Gasteiger partial charge on any atom is 0.348 e. The first-order chi connectivity index (χ1) is 15.0. The van der Waals surface area contributed by atoms with Crippen LogP contribution in [0.5, 0.6) is 11.5 Å². The van der Waals surface area contributed by atoms with Gasteiger partial charge in [-0.3, -0.25) is 4.79 Å². The number of nitrogens with zero attached hydrogens (tertiary/aromatic N) is 1. The molecule has 0 amide bonds. The molecule has 2 heterocycles. The van der Waals surface area contributed by atoms with Gasteiger partial charge in [-0.05, 0) is 37.1 Å². The molecule has 0 bridgehead atoms. The third-order valence-electron chi connectivity index (χ3n) is 5.55. The van der Waals surface area contributed by atoms with Gasteiger partial charge in [0.15, 0.2) is 0 Å². The molecule has 6 nitrogen and oxygen atoms in total. The van der Waals surface area contributed by atoms with Crippen molar-refractivity contribution in [1.82, 2.24) is 4.57 Å². The predicted molar refractivity (Wildman–Crippen MR) is 117 cm³/mol. The van der Waals surface area contributed by atoms with E-state index in [1.165, 1.54) is 0 Å². The molecule has 1 aromatic heterocycles. The number of aromatic nitrogens is 1. The first-order valence-electron chi connectivity index (χ1n) is 10.3. The van der Waals surface area contributed by atoms with Gasteiger partial charge in [-0.2, -0.15) is 0 Å². The number of esters is 1. The molecular formula is C25H25NO5. The number of methoxy groups -OCH3 is 1. The van der Waals surface area contributed by atoms with Crippen molar-refractivity contribution < 1.29 is 19.0 Å². The average Bonchev–Trinajstić information content (AvgIpc) is 3.17. The predicted octanol–water partition coefficient (Wildman–Crippen LogP) is 3.67. The number of carbonyl (C=O) groups excluding carboxylic acids is 1. The van der Waals surface area contributed by atoms with Crippen molar-refractivity contribution in [2.24, 2.45) is 0 Å². The summed E-state index contributed by atoms with van der Waals surface area (Å²) in [6.45, 7) is 4.30. The topological polar surface area (TPSA) is 66.8 Å². The summed E-state index contributed by atoms with van der Waals surface area (Å²) in [6.07, 6.45) is -0.914. The van der Waals surface area contributed by atoms with Crippen LogP contribution in [-0.4, -0.2) is 30.4 Å². The molecule has 160 valence electrons. The van der Waals surface area contributed by atoms with Crippen LogP contribution in [-0.2, 0) is 16.1 Å². The number of hydrogen-bond donors (Lipinski definition) is 0. The van der Waals surface area contributed by atoms with Crippen LogP contribution in [0.3, 0.4) is 0 Å². The summed E-state index contributed by atoms with van der Waals surface area (Å²) in [5.74, 6) is 0.0907. The van der Waals surface area contributed by atoms with E-state index in [1.807, 2.05) is 67.6 Å². The van der Waals surface area contributed by atoms with Gasteiger partial charge in [-0.25, -0.2) is 4.79 Å². The van der Waals surface area contributed by atoms with Crippen LogP contribution in [0.4, 0.5) is 0 Å². The zero-order valence-electron chi connectivity index (χ0n) is 17.8. The summed E-state index contributed by atoms with van der Waals surface area (Å²) in [4.78, 5) is 26.3. The molecule has 4 rings (SSSR count). The van der Waals surface area contributed by atoms with Crippen molar-refractivity contribution in [2.75, 3.05) is 13.7 Å². The van der Waals surface area contributed by atoms with Crippen molar-refractivity contribution in [3.05, 3.63) is 93.4 Å². The van der Waals surface area contributed by atoms with Gasteiger partial charge in [-0.15, -0.1) is 0 Å². The van der Waals surface area contributed by atoms with Crippen LogP contribution in [0.25, 0.3) is 0 Å². The molecule has 0 aliphatic carbocycles. The molecule has 0 fully saturated rings. The van der Waals surface area contributed by atoms with E-state index in [0.717, 1.165) is 16.8 Å². The minimum absolute atomic E-state index is 0.161. The van der Waals surface area contributed by atoms with Gasteiger partial charge in [-0.1, -0.05) is 42.5 Å². The molecule has 1 aliphatic heterocycles. The first kappa shape index (κ1) is 20.7. The molecule has 31 heavy (non-hydrogen) atoms. The molecule has 0 saturated heterocycles. The Morgan fingerprint density at radius 3 is 2.45 bits per heavy atom. The molecule has 0 N–H and O–H groups in total. The summed E-state index contributed by atoms with van der Waals surface area (Å²) in [6, 6.07) is 19.0. The van der Waals surface area contributed by atoms with Gasteiger partial charge in [0.1, 0.15) is 11.5 Å². The van der Waals surface area contributed by atoms with Gasteiger partial charge in [0, 0.05) is 11.8 Å². The largest absolute Gasteiger partial charge is 0.497 e. The zero-order valence-corrected chi connectivity index (χ0v) is 17.8. The number of pyridine rings is 1. The standard InChI is InChI=1S/C25H25NO5/c1-4-30-25(28)23-21(18-10-12-19(29-3)13-11-18)22-20(31-23)14-16(2)26(24(22)27)15-17-8-6-5-7-9-17/h5-14,21,23H,4,15H2,1-3H3/t21-,23-/m1/s1. The smallest absolute Gasteiger partial charge is 0.348 e. The van der Waals surface area contributed by atoms with E-state index >= 15 is 0 Å². The van der Waals surface area contributed by atoms with Crippen molar-refractivity contribution in [3.8, 4) is 11.5 Å². The Morgan fingerprint density at radius 2 is 1.81 bits per heavy atom. The van der Waals surface area contributed by atoms with Crippen LogP contribution in [0.2, 0.25) is 0 Å². The second kappa shape index (κ2) is 8.68. The SMILES string of the molecule is CCOC(=O)[C@@H]1Oc2cc(C)n(Cc3ccccc3)c(=O)c2[C@H]1c1ccc(OC)cc1. The van der Waals surface area contributed by atoms with E-state index in [-0.39, 0.29) is 12.2 Å². The van der Waals surface area contributed by atoms with Gasteiger partial charge in [0.05, 0.1) is 31.7 Å². The molecule has 1 aliphatic rings. The van der Waals surface area contributed by atoms with E-state index in [9.17, 15) is 9.59 Å². The molecule has 0 radical (unpaired) electrons. The lowest BCUT2D eigenvalue weighted by atomic mass is 9.88. The lowest BCUT2D eigenvalue weighted by molar-refractivity contribution is -0.151. The van der Waals surface area contributed by atoms with E-state index in [2.05, 4.69) is 0 Å². The number of benzene rings is 2. The van der Waals surface area contributed by atoms with Crippen LogP contribution in [0.15, 0.2) is 65.5 Å². The summed E-state index contributed by atoms with van der Waals surface area (Å²) in [5.41, 5.74) is 2.90. The summed E-state index contributed by atoms with van der Waals surface area (Å²) >= 11 is 0. The molecule has 0 unspecified atom stereocenters. The highest BCUT2D eigenvalue weighted by molar-refractivity contribution is 5.79.